The zero-order valence-electron chi connectivity index (χ0n) is 49.5. The lowest BCUT2D eigenvalue weighted by Gasteiger charge is -2.52. The van der Waals surface area contributed by atoms with Crippen molar-refractivity contribution in [1.82, 2.24) is 0 Å². The molecule has 2 aromatic carbocycles. The van der Waals surface area contributed by atoms with E-state index < -0.39 is 52.7 Å². The van der Waals surface area contributed by atoms with E-state index in [0.29, 0.717) is 102 Å². The molecule has 0 spiro atoms. The molecule has 5 unspecified atom stereocenters. The summed E-state index contributed by atoms with van der Waals surface area (Å²) < 4.78 is 28.0. The van der Waals surface area contributed by atoms with Crippen molar-refractivity contribution in [3.8, 4) is 183 Å². The van der Waals surface area contributed by atoms with E-state index in [4.69, 9.17) is 118 Å². The standard InChI is InChI=1S/C76H83N5O4/c1-12-23-29-32-33-38-45-70(77)72(54-18-7,55-19-8)75(81,60-42-31-25-14-3)82-63-61-73(78,79)76(83-62-20-9,85-74(80,59-28-17-6)71(56-39-26-15-4,57-40-27-16-5)58-41-30-24-13-2)84-69(64-68-52-48-66(22-11)49-53-68)44-37-35-34-36-43-67-50-46-65(21-10)47-51-67/h1-11,46-53,69-70H,23-33,35,37,39-40,42-44,54-57,59-60,62,64,77-81H2. The number of nitrogens with two attached hydrogens (primary N) is 5. The molecule has 5 atom stereocenters. The summed E-state index contributed by atoms with van der Waals surface area (Å²) >= 11 is 0. The van der Waals surface area contributed by atoms with Gasteiger partial charge in [0, 0.05) is 101 Å². The van der Waals surface area contributed by atoms with Gasteiger partial charge in [-0.15, -0.1) is 136 Å². The molecule has 10 N–H and O–H groups in total. The largest absolute Gasteiger partial charge is 0.423 e. The highest BCUT2D eigenvalue weighted by molar-refractivity contribution is 5.36. The molecule has 0 bridgehead atoms. The third-order valence-corrected chi connectivity index (χ3v) is 14.5. The number of benzene rings is 2. The summed E-state index contributed by atoms with van der Waals surface area (Å²) in [6.45, 7) is -0.504. The number of ether oxygens (including phenoxy) is 4. The minimum absolute atomic E-state index is 0.0592. The average Bonchev–Trinajstić information content (AvgIpc) is 1.56. The number of rotatable bonds is 35. The number of unbranched alkanes of at least 4 members (excludes halogenated alkanes) is 9. The van der Waals surface area contributed by atoms with E-state index in [2.05, 4.69) is 113 Å². The first-order chi connectivity index (χ1) is 41.0. The van der Waals surface area contributed by atoms with Crippen molar-refractivity contribution in [2.75, 3.05) is 6.61 Å². The Kier molecular flexibility index (Phi) is 33.9. The molecule has 0 fully saturated rings. The van der Waals surface area contributed by atoms with E-state index in [0.717, 1.165) is 29.5 Å². The maximum atomic E-state index is 7.86. The Labute approximate surface area is 512 Å². The highest BCUT2D eigenvalue weighted by Gasteiger charge is 2.61. The van der Waals surface area contributed by atoms with Gasteiger partial charge in [-0.1, -0.05) is 59.8 Å². The molecule has 9 nitrogen and oxygen atoms in total. The Morgan fingerprint density at radius 1 is 0.471 bits per heavy atom. The molecule has 0 aromatic heterocycles. The van der Waals surface area contributed by atoms with E-state index in [1.165, 1.54) is 0 Å². The molecular weight excluding hydrogens is 1050 g/mol. The fourth-order valence-electron chi connectivity index (χ4n) is 9.62. The minimum Gasteiger partial charge on any atom is -0.423 e. The third-order valence-electron chi connectivity index (χ3n) is 14.5. The van der Waals surface area contributed by atoms with Gasteiger partial charge in [-0.2, -0.15) is 0 Å². The molecule has 0 heterocycles. The predicted octanol–water partition coefficient (Wildman–Crippen LogP) is 9.39. The molecule has 85 heavy (non-hydrogen) atoms. The van der Waals surface area contributed by atoms with Crippen LogP contribution in [0.2, 0.25) is 0 Å². The molecule has 9 heteroatoms. The molecule has 0 radical (unpaired) electrons. The Bertz CT molecular complexity index is 3160. The molecule has 0 amide bonds. The average molecular weight is 1130 g/mol. The zero-order chi connectivity index (χ0) is 62.8. The van der Waals surface area contributed by atoms with Crippen LogP contribution in [0.3, 0.4) is 0 Å². The molecule has 2 rings (SSSR count). The predicted molar refractivity (Wildman–Crippen MR) is 346 cm³/mol. The summed E-state index contributed by atoms with van der Waals surface area (Å²) in [7, 11) is 0. The quantitative estimate of drug-likeness (QED) is 0.0257. The van der Waals surface area contributed by atoms with Crippen LogP contribution < -0.4 is 28.7 Å². The zero-order valence-corrected chi connectivity index (χ0v) is 49.5. The van der Waals surface area contributed by atoms with Crippen molar-refractivity contribution in [2.24, 2.45) is 39.5 Å². The normalized spacial score (nSPS) is 13.3. The van der Waals surface area contributed by atoms with E-state index in [9.17, 15) is 0 Å². The van der Waals surface area contributed by atoms with E-state index in [1.807, 2.05) is 48.5 Å². The Balaban J connectivity index is 3.25. The van der Waals surface area contributed by atoms with Crippen molar-refractivity contribution < 1.29 is 18.9 Å². The monoisotopic (exact) mass is 1130 g/mol. The maximum Gasteiger partial charge on any atom is 0.331 e. The summed E-state index contributed by atoms with van der Waals surface area (Å²) in [4.78, 5) is 0. The van der Waals surface area contributed by atoms with Crippen LogP contribution in [-0.4, -0.2) is 41.8 Å². The molecule has 0 saturated carbocycles. The van der Waals surface area contributed by atoms with Crippen molar-refractivity contribution in [1.29, 1.82) is 0 Å². The smallest absolute Gasteiger partial charge is 0.331 e. The van der Waals surface area contributed by atoms with Gasteiger partial charge in [-0.3, -0.25) is 17.2 Å². The van der Waals surface area contributed by atoms with Gasteiger partial charge in [-0.05, 0) is 112 Å². The molecule has 0 aliphatic heterocycles. The van der Waals surface area contributed by atoms with E-state index >= 15 is 0 Å². The highest BCUT2D eigenvalue weighted by Crippen LogP contribution is 2.48. The Morgan fingerprint density at radius 2 is 1.01 bits per heavy atom. The summed E-state index contributed by atoms with van der Waals surface area (Å²) in [5, 5.41) is 0. The highest BCUT2D eigenvalue weighted by atomic mass is 16.9. The summed E-state index contributed by atoms with van der Waals surface area (Å²) in [5.41, 5.74) is 31.4. The van der Waals surface area contributed by atoms with Crippen molar-refractivity contribution >= 4 is 0 Å². The third kappa shape index (κ3) is 23.1. The fourth-order valence-corrected chi connectivity index (χ4v) is 9.62. The van der Waals surface area contributed by atoms with Gasteiger partial charge in [0.05, 0.1) is 23.0 Å². The first kappa shape index (κ1) is 72.4. The van der Waals surface area contributed by atoms with Crippen molar-refractivity contribution in [3.05, 3.63) is 70.8 Å². The summed E-state index contributed by atoms with van der Waals surface area (Å²) in [5.74, 6) is 49.2. The van der Waals surface area contributed by atoms with Gasteiger partial charge >= 0.3 is 5.97 Å². The van der Waals surface area contributed by atoms with E-state index in [-0.39, 0.29) is 51.4 Å². The topological polar surface area (TPSA) is 167 Å². The second-order valence-electron chi connectivity index (χ2n) is 20.6. The first-order valence-corrected chi connectivity index (χ1v) is 28.6. The second kappa shape index (κ2) is 39.7. The molecule has 0 aliphatic carbocycles. The van der Waals surface area contributed by atoms with Crippen LogP contribution in [0.5, 0.6) is 0 Å². The molecular formula is C76H83N5O4. The summed E-state index contributed by atoms with van der Waals surface area (Å²) in [6, 6.07) is 14.1. The van der Waals surface area contributed by atoms with E-state index in [1.54, 1.807) is 0 Å². The van der Waals surface area contributed by atoms with Crippen LogP contribution in [0.1, 0.15) is 170 Å². The fraction of sp³-hybridized carbons (Fsp3) is 0.447. The molecule has 0 saturated heterocycles. The van der Waals surface area contributed by atoms with Crippen LogP contribution >= 0.6 is 0 Å². The van der Waals surface area contributed by atoms with Crippen LogP contribution in [0.15, 0.2) is 48.5 Å². The molecule has 0 aliphatic rings. The van der Waals surface area contributed by atoms with Gasteiger partial charge < -0.3 is 30.4 Å². The van der Waals surface area contributed by atoms with Crippen LogP contribution in [0, 0.1) is 194 Å². The van der Waals surface area contributed by atoms with Gasteiger partial charge in [0.15, 0.2) is 5.72 Å². The van der Waals surface area contributed by atoms with Gasteiger partial charge in [0.2, 0.25) is 5.66 Å². The molecule has 2 aromatic rings. The minimum atomic E-state index is -2.72. The number of hydrogen-bond acceptors (Lipinski definition) is 9. The second-order valence-corrected chi connectivity index (χ2v) is 20.6. The number of terminal acetylenes is 11. The number of hydrogen-bond donors (Lipinski definition) is 5. The van der Waals surface area contributed by atoms with Crippen molar-refractivity contribution in [2.45, 2.75) is 196 Å². The molecule has 436 valence electrons. The lowest BCUT2D eigenvalue weighted by atomic mass is 9.65. The summed E-state index contributed by atoms with van der Waals surface area (Å²) in [6.07, 6.45) is 75.1. The lowest BCUT2D eigenvalue weighted by Crippen LogP contribution is -2.75. The lowest BCUT2D eigenvalue weighted by molar-refractivity contribution is -0.447. The first-order valence-electron chi connectivity index (χ1n) is 28.6. The maximum absolute atomic E-state index is 7.86. The Morgan fingerprint density at radius 3 is 1.56 bits per heavy atom. The van der Waals surface area contributed by atoms with Gasteiger partial charge in [0.25, 0.3) is 0 Å². The van der Waals surface area contributed by atoms with Crippen molar-refractivity contribution in [3.63, 3.8) is 0 Å². The Hall–Kier alpha value is -8.68. The van der Waals surface area contributed by atoms with Gasteiger partial charge in [-0.25, -0.2) is 0 Å². The van der Waals surface area contributed by atoms with Crippen LogP contribution in [0.4, 0.5) is 0 Å². The SMILES string of the molecule is C#CCCC#CC(CCCC#C)(CCCC#C)C(N)(CCC#C)OC(OCC#C)(OC(CCCC#CCc1ccc(C#C)cc1)Cc1ccc(C#C)cc1)C(N)(N)C#COC(N)(CCCCC#C)C(CC#C)(CC#C)C(N)C#CCCCCC#C. The van der Waals surface area contributed by atoms with Gasteiger partial charge in [0.1, 0.15) is 18.4 Å². The van der Waals surface area contributed by atoms with Crippen LogP contribution in [-0.2, 0) is 31.8 Å². The van der Waals surface area contributed by atoms with Crippen LogP contribution in [0.25, 0.3) is 0 Å².